The predicted molar refractivity (Wildman–Crippen MR) is 110 cm³/mol. The molecule has 10 heteroatoms. The van der Waals surface area contributed by atoms with Crippen LogP contribution in [0.25, 0.3) is 0 Å². The van der Waals surface area contributed by atoms with Crippen molar-refractivity contribution in [3.05, 3.63) is 56.3 Å². The number of ketones is 1. The second-order valence-electron chi connectivity index (χ2n) is 7.12. The molecule has 8 nitrogen and oxygen atoms in total. The largest absolute Gasteiger partial charge is 0.465 e. The number of carbonyl (C=O) groups excluding carboxylic acids is 4. The lowest BCUT2D eigenvalue weighted by atomic mass is 9.92. The molecule has 0 saturated carbocycles. The van der Waals surface area contributed by atoms with Crippen LogP contribution in [0.15, 0.2) is 18.2 Å². The highest BCUT2D eigenvalue weighted by Crippen LogP contribution is 2.33. The summed E-state index contributed by atoms with van der Waals surface area (Å²) in [5.41, 5.74) is 0.272. The number of H-pyrrole nitrogens is 1. The number of hydrogen-bond acceptors (Lipinski definition) is 5. The number of hydrogen-bond donors (Lipinski definition) is 2. The first-order valence-corrected chi connectivity index (χ1v) is 9.67. The van der Waals surface area contributed by atoms with Crippen molar-refractivity contribution < 1.29 is 23.9 Å². The Morgan fingerprint density at radius 3 is 2.43 bits per heavy atom. The number of carbonyl (C=O) groups is 4. The van der Waals surface area contributed by atoms with Gasteiger partial charge in [-0.1, -0.05) is 29.3 Å². The van der Waals surface area contributed by atoms with Crippen molar-refractivity contribution in [1.82, 2.24) is 15.2 Å². The molecule has 1 saturated heterocycles. The van der Waals surface area contributed by atoms with Crippen molar-refractivity contribution in [3.8, 4) is 0 Å². The van der Waals surface area contributed by atoms with E-state index >= 15 is 0 Å². The number of aryl methyl sites for hydroxylation is 1. The van der Waals surface area contributed by atoms with Gasteiger partial charge in [-0.2, -0.15) is 0 Å². The van der Waals surface area contributed by atoms with Crippen LogP contribution in [0.3, 0.4) is 0 Å². The zero-order valence-corrected chi connectivity index (χ0v) is 18.2. The van der Waals surface area contributed by atoms with E-state index in [4.69, 9.17) is 27.9 Å². The summed E-state index contributed by atoms with van der Waals surface area (Å²) < 4.78 is 4.73. The molecule has 1 atom stereocenters. The number of ether oxygens (including phenoxy) is 1. The monoisotopic (exact) mass is 451 g/mol. The Balaban J connectivity index is 1.88. The Labute approximate surface area is 182 Å². The molecule has 1 aromatic heterocycles. The van der Waals surface area contributed by atoms with Gasteiger partial charge in [0, 0.05) is 5.69 Å². The number of halogens is 2. The summed E-state index contributed by atoms with van der Waals surface area (Å²) in [4.78, 5) is 54.0. The van der Waals surface area contributed by atoms with E-state index in [0.717, 1.165) is 4.90 Å². The second-order valence-corrected chi connectivity index (χ2v) is 7.93. The molecule has 158 valence electrons. The van der Waals surface area contributed by atoms with Gasteiger partial charge >= 0.3 is 12.0 Å². The first-order valence-electron chi connectivity index (χ1n) is 8.91. The highest BCUT2D eigenvalue weighted by molar-refractivity contribution is 6.42. The minimum Gasteiger partial charge on any atom is -0.465 e. The van der Waals surface area contributed by atoms with E-state index in [-0.39, 0.29) is 16.3 Å². The van der Waals surface area contributed by atoms with Crippen LogP contribution in [0.5, 0.6) is 0 Å². The molecule has 30 heavy (non-hydrogen) atoms. The molecule has 2 aromatic rings. The lowest BCUT2D eigenvalue weighted by Crippen LogP contribution is -2.41. The van der Waals surface area contributed by atoms with Gasteiger partial charge in [-0.25, -0.2) is 9.59 Å². The van der Waals surface area contributed by atoms with E-state index in [1.165, 1.54) is 26.2 Å². The summed E-state index contributed by atoms with van der Waals surface area (Å²) in [6, 6.07) is 3.89. The predicted octanol–water partition coefficient (Wildman–Crippen LogP) is 3.37. The van der Waals surface area contributed by atoms with Gasteiger partial charge in [-0.05, 0) is 44.0 Å². The Hall–Kier alpha value is -2.84. The summed E-state index contributed by atoms with van der Waals surface area (Å²) in [5.74, 6) is -1.71. The maximum atomic E-state index is 13.0. The van der Waals surface area contributed by atoms with Crippen LogP contribution in [0, 0.1) is 13.8 Å². The summed E-state index contributed by atoms with van der Waals surface area (Å²) in [6.45, 7) is 4.25. The van der Waals surface area contributed by atoms with Crippen LogP contribution in [0.4, 0.5) is 4.79 Å². The summed E-state index contributed by atoms with van der Waals surface area (Å²) in [6.07, 6.45) is 0. The molecule has 3 amide bonds. The number of nitrogens with zero attached hydrogens (tertiary/aromatic N) is 1. The fourth-order valence-corrected chi connectivity index (χ4v) is 3.80. The Morgan fingerprint density at radius 2 is 1.83 bits per heavy atom. The highest BCUT2D eigenvalue weighted by atomic mass is 35.5. The maximum absolute atomic E-state index is 13.0. The van der Waals surface area contributed by atoms with E-state index in [0.29, 0.717) is 21.8 Å². The molecule has 1 aromatic carbocycles. The quantitative estimate of drug-likeness (QED) is 0.411. The molecule has 1 fully saturated rings. The van der Waals surface area contributed by atoms with Gasteiger partial charge in [0.1, 0.15) is 5.54 Å². The molecule has 0 radical (unpaired) electrons. The van der Waals surface area contributed by atoms with Gasteiger partial charge < -0.3 is 15.0 Å². The maximum Gasteiger partial charge on any atom is 0.339 e. The van der Waals surface area contributed by atoms with Crippen molar-refractivity contribution in [2.24, 2.45) is 0 Å². The molecule has 1 unspecified atom stereocenters. The first-order chi connectivity index (χ1) is 14.0. The van der Waals surface area contributed by atoms with Gasteiger partial charge in [0.2, 0.25) is 0 Å². The molecule has 0 aliphatic carbocycles. The SMILES string of the molecule is COC(=O)c1c(C)[nH]c(C(=O)CN2C(=O)NC(C)(c3ccc(Cl)c(Cl)c3)C2=O)c1C. The molecule has 2 N–H and O–H groups in total. The number of esters is 1. The minimum absolute atomic E-state index is 0.136. The first kappa shape index (κ1) is 21.9. The average Bonchev–Trinajstić information content (AvgIpc) is 3.11. The molecular formula is C20H19Cl2N3O5. The number of imide groups is 1. The Bertz CT molecular complexity index is 1090. The van der Waals surface area contributed by atoms with Gasteiger partial charge in [0.15, 0.2) is 5.78 Å². The number of nitrogens with one attached hydrogen (secondary N) is 2. The third kappa shape index (κ3) is 3.46. The minimum atomic E-state index is -1.40. The molecule has 1 aliphatic heterocycles. The molecule has 0 spiro atoms. The van der Waals surface area contributed by atoms with Crippen molar-refractivity contribution in [2.45, 2.75) is 26.3 Å². The third-order valence-electron chi connectivity index (χ3n) is 5.18. The van der Waals surface area contributed by atoms with Crippen LogP contribution in [0.1, 0.15) is 44.6 Å². The van der Waals surface area contributed by atoms with Gasteiger partial charge in [-0.15, -0.1) is 0 Å². The second kappa shape index (κ2) is 7.77. The highest BCUT2D eigenvalue weighted by Gasteiger charge is 2.49. The fourth-order valence-electron chi connectivity index (χ4n) is 3.50. The number of rotatable bonds is 5. The summed E-state index contributed by atoms with van der Waals surface area (Å²) >= 11 is 12.0. The average molecular weight is 452 g/mol. The topological polar surface area (TPSA) is 109 Å². The smallest absolute Gasteiger partial charge is 0.339 e. The van der Waals surface area contributed by atoms with E-state index < -0.39 is 35.8 Å². The normalized spacial score (nSPS) is 18.5. The van der Waals surface area contributed by atoms with Crippen LogP contribution >= 0.6 is 23.2 Å². The molecular weight excluding hydrogens is 433 g/mol. The van der Waals surface area contributed by atoms with Crippen LogP contribution in [0.2, 0.25) is 10.0 Å². The number of aromatic amines is 1. The number of methoxy groups -OCH3 is 1. The molecule has 1 aliphatic rings. The molecule has 3 rings (SSSR count). The number of amides is 3. The number of Topliss-reactive ketones (excluding diaryl/α,β-unsaturated/α-hetero) is 1. The van der Waals surface area contributed by atoms with Gasteiger partial charge in [0.25, 0.3) is 5.91 Å². The summed E-state index contributed by atoms with van der Waals surface area (Å²) in [7, 11) is 1.24. The lowest BCUT2D eigenvalue weighted by molar-refractivity contribution is -0.130. The fraction of sp³-hybridized carbons (Fsp3) is 0.300. The Morgan fingerprint density at radius 1 is 1.17 bits per heavy atom. The van der Waals surface area contributed by atoms with Crippen molar-refractivity contribution in [1.29, 1.82) is 0 Å². The van der Waals surface area contributed by atoms with E-state index in [1.807, 2.05) is 0 Å². The van der Waals surface area contributed by atoms with Crippen LogP contribution in [-0.4, -0.2) is 47.2 Å². The van der Waals surface area contributed by atoms with Gasteiger partial charge in [-0.3, -0.25) is 14.5 Å². The van der Waals surface area contributed by atoms with E-state index in [2.05, 4.69) is 10.3 Å². The standard InChI is InChI=1S/C20H19Cl2N3O5/c1-9-15(17(27)30-4)10(2)23-16(9)14(26)8-25-18(28)20(3,24-19(25)29)11-5-6-12(21)13(22)7-11/h5-7,23H,8H2,1-4H3,(H,24,29). The molecule has 2 heterocycles. The van der Waals surface area contributed by atoms with Crippen LogP contribution in [-0.2, 0) is 15.1 Å². The van der Waals surface area contributed by atoms with E-state index in [1.54, 1.807) is 19.9 Å². The van der Waals surface area contributed by atoms with E-state index in [9.17, 15) is 19.2 Å². The van der Waals surface area contributed by atoms with Gasteiger partial charge in [0.05, 0.1) is 35.0 Å². The van der Waals surface area contributed by atoms with Crippen molar-refractivity contribution >= 4 is 46.9 Å². The number of benzene rings is 1. The lowest BCUT2D eigenvalue weighted by Gasteiger charge is -2.22. The van der Waals surface area contributed by atoms with Crippen LogP contribution < -0.4 is 5.32 Å². The number of urea groups is 1. The summed E-state index contributed by atoms with van der Waals surface area (Å²) in [5, 5.41) is 3.16. The van der Waals surface area contributed by atoms with Crippen molar-refractivity contribution in [3.63, 3.8) is 0 Å². The Kier molecular flexibility index (Phi) is 5.66. The zero-order valence-electron chi connectivity index (χ0n) is 16.7. The number of aromatic nitrogens is 1. The zero-order chi connectivity index (χ0) is 22.4. The van der Waals surface area contributed by atoms with Crippen molar-refractivity contribution in [2.75, 3.05) is 13.7 Å². The molecule has 0 bridgehead atoms. The third-order valence-corrected chi connectivity index (χ3v) is 5.92.